The number of nitrogens with zero attached hydrogens (tertiary/aromatic N) is 2. The van der Waals surface area contributed by atoms with Gasteiger partial charge in [0, 0.05) is 30.2 Å². The lowest BCUT2D eigenvalue weighted by Crippen LogP contribution is -2.32. The van der Waals surface area contributed by atoms with E-state index in [4.69, 9.17) is 21.4 Å². The van der Waals surface area contributed by atoms with Crippen LogP contribution in [0.5, 0.6) is 5.75 Å². The first-order valence-corrected chi connectivity index (χ1v) is 11.1. The summed E-state index contributed by atoms with van der Waals surface area (Å²) >= 11 is 5.87. The lowest BCUT2D eigenvalue weighted by molar-refractivity contribution is -0.124. The maximum absolute atomic E-state index is 13.5. The van der Waals surface area contributed by atoms with Gasteiger partial charge >= 0.3 is 0 Å². The number of amides is 2. The van der Waals surface area contributed by atoms with Crippen LogP contribution in [0.15, 0.2) is 36.7 Å². The van der Waals surface area contributed by atoms with E-state index in [1.165, 1.54) is 24.5 Å². The van der Waals surface area contributed by atoms with Crippen molar-refractivity contribution >= 4 is 51.5 Å². The Hall–Kier alpha value is -3.50. The fourth-order valence-electron chi connectivity index (χ4n) is 3.13. The number of nitrogens with one attached hydrogen (secondary N) is 3. The number of ether oxygens (including phenoxy) is 1. The molecule has 2 aromatic carbocycles. The average Bonchev–Trinajstić information content (AvgIpc) is 2.81. The van der Waals surface area contributed by atoms with Crippen molar-refractivity contribution in [1.29, 1.82) is 0 Å². The third kappa shape index (κ3) is 6.75. The first-order valence-electron chi connectivity index (χ1n) is 10.7. The standard InChI is InChI=1S/C23H25ClFN5O4/c1-2-34-20-11-18-15(10-19(20)30-22(33)12-26-21(32)5-3-4-8-31)23(28-13-27-18)29-14-6-7-17(25)16(24)9-14/h6-7,9-11,13,31H,2-5,8,12H2,1H3,(H,26,32)(H,30,33)(H,27,28,29). The first-order chi connectivity index (χ1) is 16.4. The van der Waals surface area contributed by atoms with Gasteiger partial charge in [-0.05, 0) is 44.0 Å². The molecule has 0 unspecified atom stereocenters. The molecule has 0 aliphatic heterocycles. The molecule has 11 heteroatoms. The van der Waals surface area contributed by atoms with Crippen LogP contribution in [0.4, 0.5) is 21.6 Å². The molecule has 4 N–H and O–H groups in total. The van der Waals surface area contributed by atoms with Gasteiger partial charge in [-0.25, -0.2) is 14.4 Å². The number of carbonyl (C=O) groups is 2. The predicted octanol–water partition coefficient (Wildman–Crippen LogP) is 3.78. The first kappa shape index (κ1) is 25.1. The van der Waals surface area contributed by atoms with Gasteiger partial charge in [0.05, 0.1) is 29.4 Å². The summed E-state index contributed by atoms with van der Waals surface area (Å²) in [5.74, 6) is -0.417. The van der Waals surface area contributed by atoms with Crippen molar-refractivity contribution in [3.8, 4) is 5.75 Å². The number of carbonyl (C=O) groups excluding carboxylic acids is 2. The van der Waals surface area contributed by atoms with Crippen LogP contribution in [0.1, 0.15) is 26.2 Å². The highest BCUT2D eigenvalue weighted by Crippen LogP contribution is 2.33. The van der Waals surface area contributed by atoms with E-state index in [0.29, 0.717) is 53.3 Å². The zero-order chi connectivity index (χ0) is 24.5. The normalized spacial score (nSPS) is 10.7. The van der Waals surface area contributed by atoms with E-state index in [9.17, 15) is 14.0 Å². The van der Waals surface area contributed by atoms with Crippen molar-refractivity contribution in [2.75, 3.05) is 30.4 Å². The number of rotatable bonds is 11. The second-order valence-electron chi connectivity index (χ2n) is 7.28. The van der Waals surface area contributed by atoms with Crippen LogP contribution < -0.4 is 20.7 Å². The number of aliphatic hydroxyl groups is 1. The van der Waals surface area contributed by atoms with E-state index in [-0.39, 0.29) is 30.5 Å². The van der Waals surface area contributed by atoms with Crippen molar-refractivity contribution in [3.63, 3.8) is 0 Å². The molecule has 0 atom stereocenters. The molecular formula is C23H25ClFN5O4. The van der Waals surface area contributed by atoms with Crippen molar-refractivity contribution in [3.05, 3.63) is 47.5 Å². The molecule has 1 heterocycles. The summed E-state index contributed by atoms with van der Waals surface area (Å²) in [4.78, 5) is 32.8. The van der Waals surface area contributed by atoms with Crippen LogP contribution in [0.2, 0.25) is 5.02 Å². The number of fused-ring (bicyclic) bond motifs is 1. The number of benzene rings is 2. The van der Waals surface area contributed by atoms with E-state index in [2.05, 4.69) is 25.9 Å². The number of aliphatic hydroxyl groups excluding tert-OH is 1. The number of hydrogen-bond donors (Lipinski definition) is 4. The van der Waals surface area contributed by atoms with Crippen molar-refractivity contribution < 1.29 is 23.8 Å². The van der Waals surface area contributed by atoms with Crippen LogP contribution in [-0.2, 0) is 9.59 Å². The van der Waals surface area contributed by atoms with E-state index in [1.54, 1.807) is 12.1 Å². The Kier molecular flexibility index (Phi) is 8.94. The number of aromatic nitrogens is 2. The molecule has 2 amide bonds. The fraction of sp³-hybridized carbons (Fsp3) is 0.304. The molecule has 0 aliphatic rings. The Morgan fingerprint density at radius 1 is 1.15 bits per heavy atom. The molecule has 0 spiro atoms. The lowest BCUT2D eigenvalue weighted by Gasteiger charge is -2.15. The van der Waals surface area contributed by atoms with Gasteiger partial charge in [0.1, 0.15) is 23.7 Å². The van der Waals surface area contributed by atoms with Gasteiger partial charge in [0.25, 0.3) is 0 Å². The van der Waals surface area contributed by atoms with Crippen LogP contribution in [0, 0.1) is 5.82 Å². The minimum Gasteiger partial charge on any atom is -0.492 e. The van der Waals surface area contributed by atoms with Gasteiger partial charge in [0.15, 0.2) is 0 Å². The van der Waals surface area contributed by atoms with E-state index in [1.807, 2.05) is 6.92 Å². The van der Waals surface area contributed by atoms with Gasteiger partial charge in [0.2, 0.25) is 11.8 Å². The molecule has 1 aromatic heterocycles. The van der Waals surface area contributed by atoms with Gasteiger partial charge < -0.3 is 25.8 Å². The summed E-state index contributed by atoms with van der Waals surface area (Å²) < 4.78 is 19.2. The zero-order valence-corrected chi connectivity index (χ0v) is 19.3. The Bertz CT molecular complexity index is 1180. The van der Waals surface area contributed by atoms with Gasteiger partial charge in [-0.2, -0.15) is 0 Å². The third-order valence-electron chi connectivity index (χ3n) is 4.75. The molecule has 0 bridgehead atoms. The average molecular weight is 490 g/mol. The van der Waals surface area contributed by atoms with Crippen LogP contribution in [-0.4, -0.2) is 46.6 Å². The maximum atomic E-state index is 13.5. The highest BCUT2D eigenvalue weighted by Gasteiger charge is 2.14. The Balaban J connectivity index is 1.81. The number of anilines is 3. The van der Waals surface area contributed by atoms with Crippen molar-refractivity contribution in [2.24, 2.45) is 0 Å². The van der Waals surface area contributed by atoms with Crippen LogP contribution in [0.3, 0.4) is 0 Å². The topological polar surface area (TPSA) is 125 Å². The molecule has 0 saturated carbocycles. The maximum Gasteiger partial charge on any atom is 0.243 e. The molecule has 0 aliphatic carbocycles. The molecule has 3 aromatic rings. The molecular weight excluding hydrogens is 465 g/mol. The molecule has 0 radical (unpaired) electrons. The van der Waals surface area contributed by atoms with E-state index in [0.717, 1.165) is 0 Å². The van der Waals surface area contributed by atoms with Gasteiger partial charge in [-0.1, -0.05) is 11.6 Å². The summed E-state index contributed by atoms with van der Waals surface area (Å²) in [7, 11) is 0. The van der Waals surface area contributed by atoms with Gasteiger partial charge in [-0.3, -0.25) is 9.59 Å². The van der Waals surface area contributed by atoms with Crippen molar-refractivity contribution in [2.45, 2.75) is 26.2 Å². The highest BCUT2D eigenvalue weighted by atomic mass is 35.5. The summed E-state index contributed by atoms with van der Waals surface area (Å²) in [6.45, 7) is 1.98. The number of halogens is 2. The number of unbranched alkanes of at least 4 members (excludes halogenated alkanes) is 1. The van der Waals surface area contributed by atoms with Crippen molar-refractivity contribution in [1.82, 2.24) is 15.3 Å². The summed E-state index contributed by atoms with van der Waals surface area (Å²) in [5.41, 5.74) is 1.46. The van der Waals surface area contributed by atoms with E-state index < -0.39 is 11.7 Å². The molecule has 0 saturated heterocycles. The SMILES string of the molecule is CCOc1cc2ncnc(Nc3ccc(F)c(Cl)c3)c2cc1NC(=O)CNC(=O)CCCCO. The van der Waals surface area contributed by atoms with E-state index >= 15 is 0 Å². The zero-order valence-electron chi connectivity index (χ0n) is 18.5. The third-order valence-corrected chi connectivity index (χ3v) is 5.04. The quantitative estimate of drug-likeness (QED) is 0.302. The second-order valence-corrected chi connectivity index (χ2v) is 7.69. The summed E-state index contributed by atoms with van der Waals surface area (Å²) in [5, 5.41) is 17.7. The Morgan fingerprint density at radius 3 is 2.71 bits per heavy atom. The number of hydrogen-bond acceptors (Lipinski definition) is 7. The molecule has 180 valence electrons. The molecule has 9 nitrogen and oxygen atoms in total. The molecule has 3 rings (SSSR count). The Labute approximate surface area is 200 Å². The summed E-state index contributed by atoms with van der Waals surface area (Å²) in [6, 6.07) is 7.53. The smallest absolute Gasteiger partial charge is 0.243 e. The minimum atomic E-state index is -0.536. The lowest BCUT2D eigenvalue weighted by atomic mass is 10.1. The van der Waals surface area contributed by atoms with Gasteiger partial charge in [-0.15, -0.1) is 0 Å². The van der Waals surface area contributed by atoms with Crippen LogP contribution in [0.25, 0.3) is 10.9 Å². The van der Waals surface area contributed by atoms with Crippen LogP contribution >= 0.6 is 11.6 Å². The monoisotopic (exact) mass is 489 g/mol. The second kappa shape index (κ2) is 12.1. The molecule has 0 fully saturated rings. The predicted molar refractivity (Wildman–Crippen MR) is 128 cm³/mol. The largest absolute Gasteiger partial charge is 0.492 e. The Morgan fingerprint density at radius 2 is 1.97 bits per heavy atom. The molecule has 34 heavy (non-hydrogen) atoms. The fourth-order valence-corrected chi connectivity index (χ4v) is 3.31. The summed E-state index contributed by atoms with van der Waals surface area (Å²) in [6.07, 6.45) is 2.67. The highest BCUT2D eigenvalue weighted by molar-refractivity contribution is 6.31. The minimum absolute atomic E-state index is 0.0185.